The first kappa shape index (κ1) is 12.0. The molecule has 1 aromatic carbocycles. The predicted octanol–water partition coefficient (Wildman–Crippen LogP) is 1.29. The molecule has 4 rings (SSSR count). The molecule has 7 heteroatoms. The summed E-state index contributed by atoms with van der Waals surface area (Å²) in [7, 11) is 0. The molecule has 0 bridgehead atoms. The van der Waals surface area contributed by atoms with E-state index in [4.69, 9.17) is 10.5 Å². The summed E-state index contributed by atoms with van der Waals surface area (Å²) in [6.07, 6.45) is 0. The van der Waals surface area contributed by atoms with Crippen molar-refractivity contribution in [1.82, 2.24) is 19.8 Å². The zero-order valence-corrected chi connectivity index (χ0v) is 11.5. The van der Waals surface area contributed by atoms with Crippen LogP contribution in [0.15, 0.2) is 30.3 Å². The molecule has 0 radical (unpaired) electrons. The average Bonchev–Trinajstić information content (AvgIpc) is 3.13. The van der Waals surface area contributed by atoms with Gasteiger partial charge < -0.3 is 10.5 Å². The van der Waals surface area contributed by atoms with Gasteiger partial charge in [-0.3, -0.25) is 0 Å². The molecule has 1 aliphatic rings. The Hall–Kier alpha value is -1.83. The van der Waals surface area contributed by atoms with E-state index in [1.54, 1.807) is 4.52 Å². The van der Waals surface area contributed by atoms with Gasteiger partial charge in [0.1, 0.15) is 5.01 Å². The van der Waals surface area contributed by atoms with Crippen LogP contribution in [0.2, 0.25) is 0 Å². The molecule has 102 valence electrons. The normalized spacial score (nSPS) is 22.6. The lowest BCUT2D eigenvalue weighted by molar-refractivity contribution is 0.191. The molecule has 3 heterocycles. The smallest absolute Gasteiger partial charge is 0.234 e. The standard InChI is InChI=1S/C13H13N5OS/c14-10-7-19-6-9(10)12-17-18-11(15-16-13(18)20-12)8-4-2-1-3-5-8/h1-5,9-10H,6-7,14H2. The maximum Gasteiger partial charge on any atom is 0.234 e. The zero-order valence-electron chi connectivity index (χ0n) is 10.6. The van der Waals surface area contributed by atoms with Crippen LogP contribution in [0.25, 0.3) is 16.3 Å². The van der Waals surface area contributed by atoms with Crippen LogP contribution in [-0.2, 0) is 4.74 Å². The van der Waals surface area contributed by atoms with Crippen molar-refractivity contribution in [1.29, 1.82) is 0 Å². The third-order valence-corrected chi connectivity index (χ3v) is 4.51. The number of aromatic nitrogens is 4. The van der Waals surface area contributed by atoms with Crippen LogP contribution in [0.4, 0.5) is 0 Å². The SMILES string of the molecule is NC1COCC1c1nn2c(-c3ccccc3)nnc2s1. The minimum Gasteiger partial charge on any atom is -0.379 e. The largest absolute Gasteiger partial charge is 0.379 e. The Balaban J connectivity index is 1.79. The molecule has 20 heavy (non-hydrogen) atoms. The summed E-state index contributed by atoms with van der Waals surface area (Å²) in [6.45, 7) is 1.22. The van der Waals surface area contributed by atoms with Crippen molar-refractivity contribution in [3.05, 3.63) is 35.3 Å². The number of benzene rings is 1. The van der Waals surface area contributed by atoms with Crippen LogP contribution in [-0.4, -0.2) is 39.1 Å². The second kappa shape index (κ2) is 4.62. The van der Waals surface area contributed by atoms with Crippen LogP contribution in [0.3, 0.4) is 0 Å². The van der Waals surface area contributed by atoms with Crippen LogP contribution in [0.5, 0.6) is 0 Å². The lowest BCUT2D eigenvalue weighted by atomic mass is 10.1. The van der Waals surface area contributed by atoms with E-state index in [-0.39, 0.29) is 12.0 Å². The van der Waals surface area contributed by atoms with Gasteiger partial charge in [0.05, 0.1) is 19.1 Å². The van der Waals surface area contributed by atoms with Crippen molar-refractivity contribution in [2.45, 2.75) is 12.0 Å². The number of nitrogens with zero attached hydrogens (tertiary/aromatic N) is 4. The van der Waals surface area contributed by atoms with E-state index in [1.165, 1.54) is 11.3 Å². The molecule has 3 aromatic rings. The molecule has 1 saturated heterocycles. The first-order chi connectivity index (χ1) is 9.83. The van der Waals surface area contributed by atoms with Gasteiger partial charge in [0.25, 0.3) is 0 Å². The fourth-order valence-corrected chi connectivity index (χ4v) is 3.37. The van der Waals surface area contributed by atoms with Crippen LogP contribution in [0.1, 0.15) is 10.9 Å². The molecule has 0 spiro atoms. The molecule has 0 aliphatic carbocycles. The van der Waals surface area contributed by atoms with Crippen molar-refractivity contribution in [3.63, 3.8) is 0 Å². The van der Waals surface area contributed by atoms with Crippen LogP contribution >= 0.6 is 11.3 Å². The zero-order chi connectivity index (χ0) is 13.5. The van der Waals surface area contributed by atoms with Gasteiger partial charge in [-0.2, -0.15) is 9.61 Å². The van der Waals surface area contributed by atoms with E-state index in [0.29, 0.717) is 13.2 Å². The van der Waals surface area contributed by atoms with Crippen molar-refractivity contribution >= 4 is 16.3 Å². The molecule has 0 saturated carbocycles. The molecule has 1 aliphatic heterocycles. The number of hydrogen-bond donors (Lipinski definition) is 1. The quantitative estimate of drug-likeness (QED) is 0.768. The van der Waals surface area contributed by atoms with Gasteiger partial charge in [-0.05, 0) is 0 Å². The lowest BCUT2D eigenvalue weighted by Crippen LogP contribution is -2.26. The first-order valence-corrected chi connectivity index (χ1v) is 7.25. The fraction of sp³-hybridized carbons (Fsp3) is 0.308. The first-order valence-electron chi connectivity index (χ1n) is 6.44. The molecule has 2 atom stereocenters. The second-order valence-electron chi connectivity index (χ2n) is 4.83. The van der Waals surface area contributed by atoms with Gasteiger partial charge >= 0.3 is 0 Å². The second-order valence-corrected chi connectivity index (χ2v) is 5.82. The fourth-order valence-electron chi connectivity index (χ4n) is 2.37. The Morgan fingerprint density at radius 3 is 2.80 bits per heavy atom. The summed E-state index contributed by atoms with van der Waals surface area (Å²) in [5, 5.41) is 14.0. The van der Waals surface area contributed by atoms with E-state index in [9.17, 15) is 0 Å². The van der Waals surface area contributed by atoms with E-state index >= 15 is 0 Å². The average molecular weight is 287 g/mol. The lowest BCUT2D eigenvalue weighted by Gasteiger charge is -2.07. The van der Waals surface area contributed by atoms with Gasteiger partial charge in [0.15, 0.2) is 5.82 Å². The molecule has 2 aromatic heterocycles. The highest BCUT2D eigenvalue weighted by molar-refractivity contribution is 7.16. The Bertz CT molecular complexity index is 738. The number of fused-ring (bicyclic) bond motifs is 1. The number of ether oxygens (including phenoxy) is 1. The van der Waals surface area contributed by atoms with Crippen LogP contribution < -0.4 is 5.73 Å². The summed E-state index contributed by atoms with van der Waals surface area (Å²) in [5.74, 6) is 0.918. The molecule has 6 nitrogen and oxygen atoms in total. The van der Waals surface area contributed by atoms with E-state index in [1.807, 2.05) is 30.3 Å². The van der Waals surface area contributed by atoms with Crippen molar-refractivity contribution in [2.24, 2.45) is 5.73 Å². The van der Waals surface area contributed by atoms with E-state index in [2.05, 4.69) is 15.3 Å². The van der Waals surface area contributed by atoms with Crippen molar-refractivity contribution in [2.75, 3.05) is 13.2 Å². The molecule has 0 amide bonds. The summed E-state index contributed by atoms with van der Waals surface area (Å²) >= 11 is 1.53. The Morgan fingerprint density at radius 1 is 1.20 bits per heavy atom. The minimum absolute atomic E-state index is 0.0130. The number of nitrogens with two attached hydrogens (primary N) is 1. The molecular weight excluding hydrogens is 274 g/mol. The summed E-state index contributed by atoms with van der Waals surface area (Å²) in [6, 6.07) is 9.94. The van der Waals surface area contributed by atoms with E-state index in [0.717, 1.165) is 21.4 Å². The topological polar surface area (TPSA) is 78.3 Å². The van der Waals surface area contributed by atoms with Gasteiger partial charge in [0, 0.05) is 11.6 Å². The monoisotopic (exact) mass is 287 g/mol. The Kier molecular flexibility index (Phi) is 2.76. The summed E-state index contributed by atoms with van der Waals surface area (Å²) < 4.78 is 7.20. The number of hydrogen-bond acceptors (Lipinski definition) is 6. The molecule has 2 N–H and O–H groups in total. The molecule has 2 unspecified atom stereocenters. The Labute approximate surface area is 119 Å². The number of rotatable bonds is 2. The third kappa shape index (κ3) is 1.82. The molecule has 1 fully saturated rings. The van der Waals surface area contributed by atoms with Crippen molar-refractivity contribution < 1.29 is 4.74 Å². The molecular formula is C13H13N5OS. The van der Waals surface area contributed by atoms with Gasteiger partial charge in [-0.25, -0.2) is 0 Å². The highest BCUT2D eigenvalue weighted by Crippen LogP contribution is 2.29. The van der Waals surface area contributed by atoms with Gasteiger partial charge in [0.2, 0.25) is 4.96 Å². The minimum atomic E-state index is 0.0130. The highest BCUT2D eigenvalue weighted by Gasteiger charge is 2.30. The highest BCUT2D eigenvalue weighted by atomic mass is 32.1. The summed E-state index contributed by atoms with van der Waals surface area (Å²) in [5.41, 5.74) is 7.05. The maximum absolute atomic E-state index is 6.05. The Morgan fingerprint density at radius 2 is 2.05 bits per heavy atom. The third-order valence-electron chi connectivity index (χ3n) is 3.48. The van der Waals surface area contributed by atoms with Crippen LogP contribution in [0, 0.1) is 0 Å². The van der Waals surface area contributed by atoms with Gasteiger partial charge in [-0.15, -0.1) is 10.2 Å². The predicted molar refractivity (Wildman–Crippen MR) is 75.6 cm³/mol. The van der Waals surface area contributed by atoms with Crippen molar-refractivity contribution in [3.8, 4) is 11.4 Å². The summed E-state index contributed by atoms with van der Waals surface area (Å²) in [4.78, 5) is 0.790. The maximum atomic E-state index is 6.05. The van der Waals surface area contributed by atoms with E-state index < -0.39 is 0 Å². The van der Waals surface area contributed by atoms with Gasteiger partial charge in [-0.1, -0.05) is 41.7 Å².